The average molecular weight is 141 g/mol. The van der Waals surface area contributed by atoms with Gasteiger partial charge in [0.2, 0.25) is 0 Å². The van der Waals surface area contributed by atoms with Gasteiger partial charge in [-0.25, -0.2) is 0 Å². The van der Waals surface area contributed by atoms with Crippen molar-refractivity contribution in [3.05, 3.63) is 11.6 Å². The molecule has 0 aromatic carbocycles. The quantitative estimate of drug-likeness (QED) is 0.545. The Morgan fingerprint density at radius 1 is 1.50 bits per heavy atom. The summed E-state index contributed by atoms with van der Waals surface area (Å²) in [6, 6.07) is 0.593. The van der Waals surface area contributed by atoms with Crippen molar-refractivity contribution >= 4 is 0 Å². The van der Waals surface area contributed by atoms with Crippen molar-refractivity contribution in [2.45, 2.75) is 33.2 Å². The SMILES string of the molecule is C/C=C(\CC)C(C)N(C)C. The van der Waals surface area contributed by atoms with Gasteiger partial charge in [-0.05, 0) is 34.4 Å². The predicted molar refractivity (Wildman–Crippen MR) is 47.2 cm³/mol. The minimum absolute atomic E-state index is 0.593. The second-order valence-electron chi connectivity index (χ2n) is 2.86. The van der Waals surface area contributed by atoms with Crippen molar-refractivity contribution in [3.63, 3.8) is 0 Å². The molecular formula is C9H19N. The fraction of sp³-hybridized carbons (Fsp3) is 0.778. The molecule has 1 nitrogen and oxygen atoms in total. The minimum Gasteiger partial charge on any atom is -0.303 e. The van der Waals surface area contributed by atoms with Crippen LogP contribution in [-0.2, 0) is 0 Å². The third kappa shape index (κ3) is 2.53. The van der Waals surface area contributed by atoms with E-state index in [0.717, 1.165) is 6.42 Å². The second-order valence-corrected chi connectivity index (χ2v) is 2.86. The van der Waals surface area contributed by atoms with E-state index in [2.05, 4.69) is 45.8 Å². The highest BCUT2D eigenvalue weighted by atomic mass is 15.1. The van der Waals surface area contributed by atoms with Gasteiger partial charge in [-0.2, -0.15) is 0 Å². The van der Waals surface area contributed by atoms with E-state index in [1.54, 1.807) is 0 Å². The van der Waals surface area contributed by atoms with Crippen molar-refractivity contribution in [2.75, 3.05) is 14.1 Å². The molecule has 1 heteroatoms. The van der Waals surface area contributed by atoms with Crippen LogP contribution in [0.15, 0.2) is 11.6 Å². The van der Waals surface area contributed by atoms with Crippen LogP contribution in [0.3, 0.4) is 0 Å². The first-order chi connectivity index (χ1) is 4.63. The van der Waals surface area contributed by atoms with Crippen molar-refractivity contribution < 1.29 is 0 Å². The molecule has 0 aromatic rings. The maximum Gasteiger partial charge on any atom is 0.0272 e. The zero-order valence-corrected chi connectivity index (χ0v) is 7.81. The Morgan fingerprint density at radius 2 is 2.00 bits per heavy atom. The normalized spacial score (nSPS) is 16.0. The molecule has 10 heavy (non-hydrogen) atoms. The van der Waals surface area contributed by atoms with Crippen LogP contribution in [0.25, 0.3) is 0 Å². The van der Waals surface area contributed by atoms with Crippen LogP contribution in [0, 0.1) is 0 Å². The summed E-state index contributed by atoms with van der Waals surface area (Å²) in [6.45, 7) is 6.55. The third-order valence-electron chi connectivity index (χ3n) is 2.09. The van der Waals surface area contributed by atoms with Crippen molar-refractivity contribution in [1.82, 2.24) is 4.90 Å². The number of hydrogen-bond acceptors (Lipinski definition) is 1. The fourth-order valence-corrected chi connectivity index (χ4v) is 1.07. The highest BCUT2D eigenvalue weighted by Crippen LogP contribution is 2.09. The number of likely N-dealkylation sites (N-methyl/N-ethyl adjacent to an activating group) is 1. The monoisotopic (exact) mass is 141 g/mol. The highest BCUT2D eigenvalue weighted by molar-refractivity contribution is 5.07. The molecule has 0 bridgehead atoms. The molecule has 0 saturated heterocycles. The maximum absolute atomic E-state index is 2.23. The Hall–Kier alpha value is -0.300. The zero-order valence-electron chi connectivity index (χ0n) is 7.81. The minimum atomic E-state index is 0.593. The summed E-state index contributed by atoms with van der Waals surface area (Å²) >= 11 is 0. The summed E-state index contributed by atoms with van der Waals surface area (Å²) < 4.78 is 0. The smallest absolute Gasteiger partial charge is 0.0272 e. The molecule has 0 saturated carbocycles. The fourth-order valence-electron chi connectivity index (χ4n) is 1.07. The molecule has 0 aliphatic rings. The predicted octanol–water partition coefficient (Wildman–Crippen LogP) is 2.29. The summed E-state index contributed by atoms with van der Waals surface area (Å²) in [5, 5.41) is 0. The van der Waals surface area contributed by atoms with Crippen molar-refractivity contribution in [2.24, 2.45) is 0 Å². The van der Waals surface area contributed by atoms with Crippen LogP contribution < -0.4 is 0 Å². The summed E-state index contributed by atoms with van der Waals surface area (Å²) in [7, 11) is 4.23. The molecule has 1 unspecified atom stereocenters. The topological polar surface area (TPSA) is 3.24 Å². The van der Waals surface area contributed by atoms with E-state index in [1.807, 2.05) is 0 Å². The van der Waals surface area contributed by atoms with Gasteiger partial charge in [-0.3, -0.25) is 0 Å². The third-order valence-corrected chi connectivity index (χ3v) is 2.09. The maximum atomic E-state index is 2.23. The van der Waals surface area contributed by atoms with E-state index in [0.29, 0.717) is 6.04 Å². The van der Waals surface area contributed by atoms with E-state index in [4.69, 9.17) is 0 Å². The first-order valence-electron chi connectivity index (χ1n) is 3.95. The molecule has 0 heterocycles. The lowest BCUT2D eigenvalue weighted by atomic mass is 10.1. The molecule has 0 amide bonds. The molecular weight excluding hydrogens is 122 g/mol. The first-order valence-corrected chi connectivity index (χ1v) is 3.95. The Balaban J connectivity index is 4.03. The number of allylic oxidation sites excluding steroid dienone is 1. The van der Waals surface area contributed by atoms with Crippen LogP contribution in [0.4, 0.5) is 0 Å². The van der Waals surface area contributed by atoms with E-state index < -0.39 is 0 Å². The molecule has 0 aliphatic carbocycles. The van der Waals surface area contributed by atoms with E-state index in [1.165, 1.54) is 5.57 Å². The van der Waals surface area contributed by atoms with Crippen LogP contribution in [0.1, 0.15) is 27.2 Å². The Kier molecular flexibility index (Phi) is 4.37. The van der Waals surface area contributed by atoms with Gasteiger partial charge in [0.25, 0.3) is 0 Å². The lowest BCUT2D eigenvalue weighted by Crippen LogP contribution is -2.26. The number of nitrogens with zero attached hydrogens (tertiary/aromatic N) is 1. The summed E-state index contributed by atoms with van der Waals surface area (Å²) in [4.78, 5) is 2.23. The summed E-state index contributed by atoms with van der Waals surface area (Å²) in [6.07, 6.45) is 3.38. The van der Waals surface area contributed by atoms with Gasteiger partial charge >= 0.3 is 0 Å². The Bertz CT molecular complexity index is 114. The van der Waals surface area contributed by atoms with Gasteiger partial charge < -0.3 is 4.90 Å². The van der Waals surface area contributed by atoms with Gasteiger partial charge in [0.1, 0.15) is 0 Å². The summed E-state index contributed by atoms with van der Waals surface area (Å²) in [5.74, 6) is 0. The van der Waals surface area contributed by atoms with Gasteiger partial charge in [-0.15, -0.1) is 0 Å². The number of rotatable bonds is 3. The van der Waals surface area contributed by atoms with Gasteiger partial charge in [-0.1, -0.05) is 18.6 Å². The zero-order chi connectivity index (χ0) is 8.15. The van der Waals surface area contributed by atoms with Crippen LogP contribution in [-0.4, -0.2) is 25.0 Å². The second kappa shape index (κ2) is 4.51. The molecule has 0 spiro atoms. The molecule has 0 fully saturated rings. The number of hydrogen-bond donors (Lipinski definition) is 0. The standard InChI is InChI=1S/C9H19N/c1-6-9(7-2)8(3)10(4)5/h6,8H,7H2,1-5H3/b9-6+. The summed E-state index contributed by atoms with van der Waals surface area (Å²) in [5.41, 5.74) is 1.52. The molecule has 60 valence electrons. The average Bonchev–Trinajstić information content (AvgIpc) is 1.90. The van der Waals surface area contributed by atoms with Crippen LogP contribution in [0.5, 0.6) is 0 Å². The van der Waals surface area contributed by atoms with Gasteiger partial charge in [0, 0.05) is 6.04 Å². The Labute approximate surface area is 64.7 Å². The first kappa shape index (κ1) is 9.70. The largest absolute Gasteiger partial charge is 0.303 e. The van der Waals surface area contributed by atoms with Crippen molar-refractivity contribution in [1.29, 1.82) is 0 Å². The molecule has 0 radical (unpaired) electrons. The van der Waals surface area contributed by atoms with Gasteiger partial charge in [0.05, 0.1) is 0 Å². The lowest BCUT2D eigenvalue weighted by molar-refractivity contribution is 0.345. The molecule has 0 aromatic heterocycles. The van der Waals surface area contributed by atoms with Crippen LogP contribution in [0.2, 0.25) is 0 Å². The lowest BCUT2D eigenvalue weighted by Gasteiger charge is -2.21. The van der Waals surface area contributed by atoms with E-state index in [-0.39, 0.29) is 0 Å². The molecule has 0 N–H and O–H groups in total. The Morgan fingerprint density at radius 3 is 2.10 bits per heavy atom. The molecule has 0 rings (SSSR count). The highest BCUT2D eigenvalue weighted by Gasteiger charge is 2.06. The van der Waals surface area contributed by atoms with E-state index in [9.17, 15) is 0 Å². The van der Waals surface area contributed by atoms with Gasteiger partial charge in [0.15, 0.2) is 0 Å². The molecule has 1 atom stereocenters. The van der Waals surface area contributed by atoms with Crippen molar-refractivity contribution in [3.8, 4) is 0 Å². The van der Waals surface area contributed by atoms with E-state index >= 15 is 0 Å². The van der Waals surface area contributed by atoms with Crippen LogP contribution >= 0.6 is 0 Å². The molecule has 0 aliphatic heterocycles.